The number of likely N-dealkylation sites (tertiary alicyclic amines) is 1. The molecule has 1 amide bonds. The summed E-state index contributed by atoms with van der Waals surface area (Å²) in [5, 5.41) is 3.50. The number of nitrogens with zero attached hydrogens (tertiary/aromatic N) is 3. The van der Waals surface area contributed by atoms with Gasteiger partial charge in [0.2, 0.25) is 5.91 Å². The molecule has 2 aromatic carbocycles. The fourth-order valence-electron chi connectivity index (χ4n) is 5.73. The second-order valence-electron chi connectivity index (χ2n) is 11.0. The molecule has 0 spiro atoms. The van der Waals surface area contributed by atoms with Crippen LogP contribution in [0.1, 0.15) is 69.7 Å². The average molecular weight is 509 g/mol. The molecule has 0 saturated carbocycles. The summed E-state index contributed by atoms with van der Waals surface area (Å²) in [6.07, 6.45) is 8.74. The third-order valence-corrected chi connectivity index (χ3v) is 7.78. The highest BCUT2D eigenvalue weighted by Crippen LogP contribution is 2.33. The van der Waals surface area contributed by atoms with E-state index in [1.807, 2.05) is 17.3 Å². The number of imidazole rings is 2. The third-order valence-electron chi connectivity index (χ3n) is 7.78. The molecule has 196 valence electrons. The maximum absolute atomic E-state index is 12.7. The Morgan fingerprint density at radius 1 is 0.842 bits per heavy atom. The number of hydrogen-bond acceptors (Lipinski definition) is 4. The lowest BCUT2D eigenvalue weighted by Crippen LogP contribution is -2.31. The smallest absolute Gasteiger partial charge is 0.223 e. The fourth-order valence-corrected chi connectivity index (χ4v) is 5.73. The summed E-state index contributed by atoms with van der Waals surface area (Å²) in [5.41, 5.74) is 6.61. The van der Waals surface area contributed by atoms with Gasteiger partial charge in [-0.15, -0.1) is 0 Å². The van der Waals surface area contributed by atoms with Gasteiger partial charge in [-0.2, -0.15) is 0 Å². The molecule has 38 heavy (non-hydrogen) atoms. The second-order valence-corrected chi connectivity index (χ2v) is 11.0. The van der Waals surface area contributed by atoms with Gasteiger partial charge in [0, 0.05) is 13.0 Å². The van der Waals surface area contributed by atoms with Crippen LogP contribution in [-0.2, 0) is 4.79 Å². The molecular weight excluding hydrogens is 472 g/mol. The Morgan fingerprint density at radius 2 is 1.42 bits per heavy atom. The number of hydrogen-bond donors (Lipinski definition) is 3. The van der Waals surface area contributed by atoms with E-state index >= 15 is 0 Å². The molecule has 7 heteroatoms. The molecule has 2 fully saturated rings. The predicted molar refractivity (Wildman–Crippen MR) is 150 cm³/mol. The van der Waals surface area contributed by atoms with E-state index in [-0.39, 0.29) is 11.9 Å². The zero-order valence-corrected chi connectivity index (χ0v) is 22.2. The Labute approximate surface area is 224 Å². The molecule has 4 aromatic rings. The molecule has 6 rings (SSSR count). The van der Waals surface area contributed by atoms with E-state index in [9.17, 15) is 4.79 Å². The number of aromatic amines is 2. The van der Waals surface area contributed by atoms with Crippen LogP contribution in [0.15, 0.2) is 60.9 Å². The van der Waals surface area contributed by atoms with Gasteiger partial charge in [-0.05, 0) is 60.4 Å². The highest BCUT2D eigenvalue weighted by atomic mass is 16.2. The van der Waals surface area contributed by atoms with Crippen LogP contribution in [0.25, 0.3) is 33.6 Å². The lowest BCUT2D eigenvalue weighted by molar-refractivity contribution is -0.133. The maximum atomic E-state index is 12.7. The number of rotatable bonds is 7. The van der Waals surface area contributed by atoms with Crippen molar-refractivity contribution in [2.24, 2.45) is 5.92 Å². The summed E-state index contributed by atoms with van der Waals surface area (Å²) in [7, 11) is 0. The lowest BCUT2D eigenvalue weighted by Gasteiger charge is -2.24. The van der Waals surface area contributed by atoms with Crippen LogP contribution >= 0.6 is 0 Å². The van der Waals surface area contributed by atoms with Crippen LogP contribution in [0.2, 0.25) is 0 Å². The summed E-state index contributed by atoms with van der Waals surface area (Å²) in [4.78, 5) is 31.0. The summed E-state index contributed by atoms with van der Waals surface area (Å²) in [5.74, 6) is 2.51. The Balaban J connectivity index is 1.14. The lowest BCUT2D eigenvalue weighted by atomic mass is 10.0. The minimum Gasteiger partial charge on any atom is -0.341 e. The van der Waals surface area contributed by atoms with E-state index in [1.165, 1.54) is 17.5 Å². The topological polar surface area (TPSA) is 89.7 Å². The molecule has 0 radical (unpaired) electrons. The van der Waals surface area contributed by atoms with Gasteiger partial charge < -0.3 is 20.2 Å². The standard InChI is InChI=1S/C31H36N6O/c1-20(2)17-29(38)37-16-4-6-28(37)31-34-19-27(36-31)24-13-9-22(10-14-24)21-7-11-23(12-8-21)26-18-33-30(35-26)25-5-3-15-32-25/h7-14,18-20,25,28,32H,3-6,15-17H2,1-2H3,(H,33,35)(H,34,36)/t25-,28-/m0/s1. The van der Waals surface area contributed by atoms with E-state index in [0.29, 0.717) is 18.4 Å². The van der Waals surface area contributed by atoms with Gasteiger partial charge in [0.15, 0.2) is 0 Å². The van der Waals surface area contributed by atoms with Crippen molar-refractivity contribution in [3.63, 3.8) is 0 Å². The number of carbonyl (C=O) groups is 1. The second kappa shape index (κ2) is 10.6. The normalized spacial score (nSPS) is 19.5. The van der Waals surface area contributed by atoms with Crippen molar-refractivity contribution in [1.82, 2.24) is 30.2 Å². The molecule has 0 bridgehead atoms. The Hall–Kier alpha value is -3.71. The summed E-state index contributed by atoms with van der Waals surface area (Å²) in [6, 6.07) is 17.6. The van der Waals surface area contributed by atoms with Crippen LogP contribution < -0.4 is 5.32 Å². The first kappa shape index (κ1) is 24.6. The number of H-pyrrole nitrogens is 2. The van der Waals surface area contributed by atoms with Crippen LogP contribution in [0.4, 0.5) is 0 Å². The monoisotopic (exact) mass is 508 g/mol. The van der Waals surface area contributed by atoms with E-state index < -0.39 is 0 Å². The summed E-state index contributed by atoms with van der Waals surface area (Å²) < 4.78 is 0. The first-order chi connectivity index (χ1) is 18.5. The van der Waals surface area contributed by atoms with Gasteiger partial charge in [-0.1, -0.05) is 62.4 Å². The average Bonchev–Trinajstić information content (AvgIpc) is 3.75. The first-order valence-electron chi connectivity index (χ1n) is 13.9. The predicted octanol–water partition coefficient (Wildman–Crippen LogP) is 6.27. The van der Waals surface area contributed by atoms with Crippen LogP contribution in [-0.4, -0.2) is 43.8 Å². The highest BCUT2D eigenvalue weighted by Gasteiger charge is 2.32. The molecule has 2 aliphatic heterocycles. The van der Waals surface area contributed by atoms with E-state index in [0.717, 1.165) is 66.5 Å². The zero-order valence-electron chi connectivity index (χ0n) is 22.2. The van der Waals surface area contributed by atoms with Crippen molar-refractivity contribution in [3.05, 3.63) is 72.6 Å². The molecule has 3 N–H and O–H groups in total. The molecule has 2 aromatic heterocycles. The van der Waals surface area contributed by atoms with E-state index in [1.54, 1.807) is 0 Å². The quantitative estimate of drug-likeness (QED) is 0.275. The van der Waals surface area contributed by atoms with Gasteiger partial charge in [0.05, 0.1) is 35.9 Å². The summed E-state index contributed by atoms with van der Waals surface area (Å²) in [6.45, 7) is 6.07. The molecule has 7 nitrogen and oxygen atoms in total. The molecule has 2 saturated heterocycles. The fraction of sp³-hybridized carbons (Fsp3) is 0.387. The van der Waals surface area contributed by atoms with Gasteiger partial charge >= 0.3 is 0 Å². The largest absolute Gasteiger partial charge is 0.341 e. The number of amides is 1. The molecule has 4 heterocycles. The number of aromatic nitrogens is 4. The van der Waals surface area contributed by atoms with Gasteiger partial charge in [-0.3, -0.25) is 4.79 Å². The molecule has 0 unspecified atom stereocenters. The van der Waals surface area contributed by atoms with Crippen molar-refractivity contribution in [2.75, 3.05) is 13.1 Å². The minimum atomic E-state index is 0.0492. The van der Waals surface area contributed by atoms with Crippen molar-refractivity contribution in [3.8, 4) is 33.6 Å². The van der Waals surface area contributed by atoms with Crippen LogP contribution in [0.5, 0.6) is 0 Å². The first-order valence-corrected chi connectivity index (χ1v) is 13.9. The molecular formula is C31H36N6O. The summed E-state index contributed by atoms with van der Waals surface area (Å²) >= 11 is 0. The van der Waals surface area contributed by atoms with Gasteiger partial charge in [-0.25, -0.2) is 9.97 Å². The van der Waals surface area contributed by atoms with Crippen LogP contribution in [0, 0.1) is 5.92 Å². The number of carbonyl (C=O) groups excluding carboxylic acids is 1. The van der Waals surface area contributed by atoms with Crippen molar-refractivity contribution >= 4 is 5.91 Å². The Morgan fingerprint density at radius 3 is 2.00 bits per heavy atom. The van der Waals surface area contributed by atoms with E-state index in [2.05, 4.69) is 87.6 Å². The van der Waals surface area contributed by atoms with Crippen molar-refractivity contribution in [1.29, 1.82) is 0 Å². The minimum absolute atomic E-state index is 0.0492. The third kappa shape index (κ3) is 5.03. The highest BCUT2D eigenvalue weighted by molar-refractivity contribution is 5.77. The SMILES string of the molecule is CC(C)CC(=O)N1CCC[C@H]1c1ncc(-c2ccc(-c3ccc(-c4cnc([C@@H]5CCCN5)[nH]4)cc3)cc2)[nH]1. The molecule has 2 atom stereocenters. The van der Waals surface area contributed by atoms with Gasteiger partial charge in [0.25, 0.3) is 0 Å². The van der Waals surface area contributed by atoms with Crippen molar-refractivity contribution in [2.45, 2.75) is 58.0 Å². The molecule has 0 aliphatic carbocycles. The Kier molecular flexibility index (Phi) is 6.85. The van der Waals surface area contributed by atoms with E-state index in [4.69, 9.17) is 0 Å². The number of benzene rings is 2. The Bertz CT molecular complexity index is 1380. The van der Waals surface area contributed by atoms with Gasteiger partial charge in [0.1, 0.15) is 11.6 Å². The number of nitrogens with one attached hydrogen (secondary N) is 3. The van der Waals surface area contributed by atoms with Crippen molar-refractivity contribution < 1.29 is 4.79 Å². The molecule has 2 aliphatic rings. The van der Waals surface area contributed by atoms with Crippen LogP contribution in [0.3, 0.4) is 0 Å². The zero-order chi connectivity index (χ0) is 26.1. The maximum Gasteiger partial charge on any atom is 0.223 e.